The molecule has 20 aliphatic rings. The molecule has 107 heavy (non-hydrogen) atoms. The average Bonchev–Trinajstić information content (AvgIpc) is 1.54. The van der Waals surface area contributed by atoms with Crippen molar-refractivity contribution in [3.8, 4) is 11.8 Å². The van der Waals surface area contributed by atoms with E-state index in [4.69, 9.17) is 57.1 Å². The molecule has 17 atom stereocenters. The van der Waals surface area contributed by atoms with Crippen LogP contribution in [-0.2, 0) is 81.1 Å². The summed E-state index contributed by atoms with van der Waals surface area (Å²) in [4.78, 5) is 82.1. The van der Waals surface area contributed by atoms with Crippen molar-refractivity contribution in [2.45, 2.75) is 222 Å². The summed E-state index contributed by atoms with van der Waals surface area (Å²) < 4.78 is 51.3. The van der Waals surface area contributed by atoms with Gasteiger partial charge in [0.2, 0.25) is 0 Å². The topological polar surface area (TPSA) is 212 Å². The van der Waals surface area contributed by atoms with Gasteiger partial charge in [-0.05, 0) is 87.5 Å². The zero-order valence-corrected chi connectivity index (χ0v) is 60.8. The molecule has 22 nitrogen and oxygen atoms in total. The number of benzene rings is 2. The molecular formula is C85H91N5O17. The Balaban J connectivity index is 0.0000000964. The maximum absolute atomic E-state index is 12.3. The number of hydrogen-bond donors (Lipinski definition) is 0. The predicted octanol–water partition coefficient (Wildman–Crippen LogP) is 9.64. The molecule has 2 aromatic carbocycles. The first kappa shape index (κ1) is 70.3. The van der Waals surface area contributed by atoms with Gasteiger partial charge in [0.05, 0.1) is 36.3 Å². The van der Waals surface area contributed by atoms with Crippen molar-refractivity contribution in [2.24, 2.45) is 0 Å². The minimum atomic E-state index is -0.585. The fourth-order valence-corrected chi connectivity index (χ4v) is 21.6. The van der Waals surface area contributed by atoms with Crippen LogP contribution in [0.5, 0.6) is 0 Å². The molecule has 0 aromatic heterocycles. The van der Waals surface area contributed by atoms with Gasteiger partial charge in [-0.15, -0.1) is 0 Å². The second-order valence-electron chi connectivity index (χ2n) is 31.1. The van der Waals surface area contributed by atoms with Gasteiger partial charge in [-0.1, -0.05) is 140 Å². The van der Waals surface area contributed by atoms with Crippen molar-refractivity contribution in [3.63, 3.8) is 0 Å². The van der Waals surface area contributed by atoms with Crippen LogP contribution in [0.25, 0.3) is 6.08 Å². The highest BCUT2D eigenvalue weighted by atomic mass is 16.7. The van der Waals surface area contributed by atoms with Crippen LogP contribution in [0.2, 0.25) is 0 Å². The molecule has 5 aliphatic carbocycles. The van der Waals surface area contributed by atoms with Gasteiger partial charge >= 0.3 is 29.8 Å². The number of allylic oxidation sites excluding steroid dienone is 2. The largest absolute Gasteiger partial charge is 0.449 e. The second kappa shape index (κ2) is 27.9. The average molecular weight is 1450 g/mol. The number of hydroxylamine groups is 6. The van der Waals surface area contributed by atoms with Crippen LogP contribution in [0.1, 0.15) is 120 Å². The molecule has 17 unspecified atom stereocenters. The molecule has 0 amide bonds. The Labute approximate surface area is 623 Å². The van der Waals surface area contributed by atoms with Gasteiger partial charge in [0, 0.05) is 161 Å². The summed E-state index contributed by atoms with van der Waals surface area (Å²) in [6.07, 6.45) is 49.0. The van der Waals surface area contributed by atoms with E-state index < -0.39 is 28.0 Å². The van der Waals surface area contributed by atoms with Crippen LogP contribution in [0, 0.1) is 11.8 Å². The number of carbonyl (C=O) groups excluding carboxylic acids is 5. The maximum atomic E-state index is 12.3. The summed E-state index contributed by atoms with van der Waals surface area (Å²) in [7, 11) is 6.73. The lowest BCUT2D eigenvalue weighted by Gasteiger charge is -2.52. The summed E-state index contributed by atoms with van der Waals surface area (Å²) in [5, 5.41) is 5.97. The fourth-order valence-electron chi connectivity index (χ4n) is 21.6. The lowest BCUT2D eigenvalue weighted by atomic mass is 9.74. The van der Waals surface area contributed by atoms with E-state index in [2.05, 4.69) is 76.3 Å². The molecule has 22 heteroatoms. The Morgan fingerprint density at radius 2 is 1.03 bits per heavy atom. The Hall–Kier alpha value is -8.41. The van der Waals surface area contributed by atoms with Gasteiger partial charge in [-0.25, -0.2) is 24.0 Å². The van der Waals surface area contributed by atoms with Gasteiger partial charge in [-0.3, -0.25) is 29.4 Å². The normalized spacial score (nSPS) is 38.0. The Morgan fingerprint density at radius 1 is 0.486 bits per heavy atom. The molecule has 10 bridgehead atoms. The predicted molar refractivity (Wildman–Crippen MR) is 388 cm³/mol. The smallest absolute Gasteiger partial charge is 0.332 e. The maximum Gasteiger partial charge on any atom is 0.332 e. The molecule has 22 rings (SSSR count). The van der Waals surface area contributed by atoms with E-state index in [1.807, 2.05) is 94.2 Å². The number of nitrogens with zero attached hydrogens (tertiary/aromatic N) is 5. The standard InChI is InChI=1S/C23H25NO4.C23H23NO4.C13H15NO3.C13H13NO3.C13H15NO3/c2*1-26-22(27-2)19-10-11-20-23-14-17(24(19)20)12-16(18(23)13-21(25)28-23)9-8-15-6-4-3-5-7-15;2*15-12-8-9-10-4-3-6-13(9,16-12)11-5-1-2-7-14(11)17-10;15-12-7-9-4-5-10-8-13(9,16-12)11-3-1-2-6-14(11)17-10/h3-9,12-13,17,19-20,22H,10-11,14H2,1-2H3;3-7,12-13,17,19-20,22H,10-11,14H2,1-2H3;3-4,8,10-11H,1-2,5-7H2;2-4,7-8,10-11H,1,5-6H2;4-5,7,10-11H,1-3,6,8H2. The summed E-state index contributed by atoms with van der Waals surface area (Å²) >= 11 is 0. The molecule has 9 fully saturated rings. The molecule has 15 heterocycles. The van der Waals surface area contributed by atoms with E-state index in [1.165, 1.54) is 12.8 Å². The van der Waals surface area contributed by atoms with E-state index in [1.54, 1.807) is 58.8 Å². The van der Waals surface area contributed by atoms with Crippen LogP contribution in [-0.4, -0.2) is 210 Å². The first-order valence-corrected chi connectivity index (χ1v) is 38.4. The molecule has 558 valence electrons. The van der Waals surface area contributed by atoms with Gasteiger partial charge in [0.15, 0.2) is 40.6 Å². The first-order chi connectivity index (χ1) is 52.2. The fraction of sp³-hybridized carbons (Fsp3) is 0.494. The van der Waals surface area contributed by atoms with E-state index in [-0.39, 0.29) is 115 Å². The van der Waals surface area contributed by atoms with Crippen LogP contribution in [0.15, 0.2) is 197 Å². The minimum Gasteiger partial charge on any atom is -0.449 e. The lowest BCUT2D eigenvalue weighted by Crippen LogP contribution is -2.63. The molecule has 2 aromatic rings. The van der Waals surface area contributed by atoms with E-state index in [0.29, 0.717) is 0 Å². The van der Waals surface area contributed by atoms with Crippen molar-refractivity contribution >= 4 is 35.9 Å². The van der Waals surface area contributed by atoms with Crippen molar-refractivity contribution < 1.29 is 81.1 Å². The number of piperidine rings is 2. The quantitative estimate of drug-likeness (QED) is 0.0791. The number of hydrogen-bond acceptors (Lipinski definition) is 22. The summed E-state index contributed by atoms with van der Waals surface area (Å²) in [6.45, 7) is 1.89. The summed E-state index contributed by atoms with van der Waals surface area (Å²) in [6, 6.07) is 21.6. The van der Waals surface area contributed by atoms with Gasteiger partial charge < -0.3 is 42.6 Å². The van der Waals surface area contributed by atoms with Gasteiger partial charge in [0.25, 0.3) is 0 Å². The molecule has 9 saturated heterocycles. The highest BCUT2D eigenvalue weighted by molar-refractivity contribution is 5.92. The van der Waals surface area contributed by atoms with Crippen molar-refractivity contribution in [1.82, 2.24) is 25.0 Å². The van der Waals surface area contributed by atoms with Gasteiger partial charge in [0.1, 0.15) is 24.4 Å². The Bertz CT molecular complexity index is 4380. The summed E-state index contributed by atoms with van der Waals surface area (Å²) in [5.74, 6) is 5.43. The minimum absolute atomic E-state index is 0.0624. The molecule has 0 radical (unpaired) electrons. The van der Waals surface area contributed by atoms with Crippen LogP contribution in [0.3, 0.4) is 0 Å². The lowest BCUT2D eigenvalue weighted by molar-refractivity contribution is -0.291. The zero-order valence-electron chi connectivity index (χ0n) is 60.8. The van der Waals surface area contributed by atoms with E-state index in [9.17, 15) is 24.0 Å². The van der Waals surface area contributed by atoms with E-state index >= 15 is 0 Å². The molecule has 0 N–H and O–H groups in total. The third kappa shape index (κ3) is 11.7. The highest BCUT2D eigenvalue weighted by Gasteiger charge is 2.68. The van der Waals surface area contributed by atoms with E-state index in [0.717, 1.165) is 160 Å². The van der Waals surface area contributed by atoms with Crippen molar-refractivity contribution in [3.05, 3.63) is 208 Å². The number of carbonyl (C=O) groups is 5. The third-order valence-electron chi connectivity index (χ3n) is 25.7. The number of methoxy groups -OCH3 is 4. The number of rotatable bonds is 8. The number of esters is 5. The molecule has 15 aliphatic heterocycles. The molecule has 0 saturated carbocycles. The van der Waals surface area contributed by atoms with Crippen LogP contribution < -0.4 is 0 Å². The van der Waals surface area contributed by atoms with Crippen LogP contribution >= 0.6 is 0 Å². The van der Waals surface area contributed by atoms with Crippen molar-refractivity contribution in [1.29, 1.82) is 0 Å². The summed E-state index contributed by atoms with van der Waals surface area (Å²) in [5.41, 5.74) is 6.70. The van der Waals surface area contributed by atoms with Gasteiger partial charge in [-0.2, -0.15) is 10.1 Å². The number of ether oxygens (including phenoxy) is 9. The Kier molecular flexibility index (Phi) is 18.3. The highest BCUT2D eigenvalue weighted by Crippen LogP contribution is 2.59. The molecule has 3 spiro atoms. The zero-order chi connectivity index (χ0) is 73.0. The SMILES string of the molecule is COC(OC)C1CCC2N1C1C=C(C#Cc3ccccc3)C3=CC(=O)OC32C1.COC(OC)C1CCC2N1C1C=C(C=Cc3ccccc3)C3=CC(=O)OC32C1.O=C1C=C2C3C=CCC2(O1)C1CCC=CN1O3.O=C1C=C2C3C=CCC2(O1)C1CCCCN1O3.O=C1C=C2C=CC3CC2(O1)C1CCCCN1O3. The van der Waals surface area contributed by atoms with Crippen LogP contribution in [0.4, 0.5) is 0 Å². The number of fused-ring (bicyclic) bond motifs is 10. The Morgan fingerprint density at radius 3 is 1.67 bits per heavy atom. The first-order valence-electron chi connectivity index (χ1n) is 38.4. The second-order valence-corrected chi connectivity index (χ2v) is 31.1. The monoisotopic (exact) mass is 1450 g/mol. The molecular weight excluding hydrogens is 1360 g/mol. The van der Waals surface area contributed by atoms with Crippen molar-refractivity contribution in [2.75, 3.05) is 41.5 Å². The third-order valence-corrected chi connectivity index (χ3v) is 25.7.